The molecular formula is C21H22N4O. The summed E-state index contributed by atoms with van der Waals surface area (Å²) in [7, 11) is 0. The topological polar surface area (TPSA) is 58.1 Å². The highest BCUT2D eigenvalue weighted by atomic mass is 16.2. The molecule has 0 saturated carbocycles. The molecule has 1 aliphatic rings. The number of aromatic nitrogens is 2. The van der Waals surface area contributed by atoms with Crippen molar-refractivity contribution in [3.63, 3.8) is 0 Å². The number of nitrogens with zero attached hydrogens (tertiary/aromatic N) is 3. The van der Waals surface area contributed by atoms with E-state index in [0.29, 0.717) is 6.54 Å². The molecule has 0 atom stereocenters. The Kier molecular flexibility index (Phi) is 4.78. The quantitative estimate of drug-likeness (QED) is 0.779. The molecule has 132 valence electrons. The van der Waals surface area contributed by atoms with Crippen molar-refractivity contribution < 1.29 is 4.79 Å². The zero-order valence-electron chi connectivity index (χ0n) is 14.7. The van der Waals surface area contributed by atoms with Crippen molar-refractivity contribution in [2.45, 2.75) is 25.8 Å². The molecule has 0 aliphatic carbocycles. The SMILES string of the molecule is O=C(c1cccc(CNc2cnc3ccccc3n2)c1)N1CCCCC1. The molecule has 5 nitrogen and oxygen atoms in total. The minimum atomic E-state index is 0.136. The van der Waals surface area contributed by atoms with Gasteiger partial charge < -0.3 is 10.2 Å². The van der Waals surface area contributed by atoms with Crippen molar-refractivity contribution >= 4 is 22.8 Å². The average molecular weight is 346 g/mol. The molecule has 2 heterocycles. The Morgan fingerprint density at radius 1 is 1.00 bits per heavy atom. The zero-order chi connectivity index (χ0) is 17.8. The van der Waals surface area contributed by atoms with Gasteiger partial charge >= 0.3 is 0 Å². The van der Waals surface area contributed by atoms with Crippen LogP contribution in [0.15, 0.2) is 54.7 Å². The molecule has 0 spiro atoms. The molecule has 1 aromatic heterocycles. The normalized spacial score (nSPS) is 14.4. The maximum absolute atomic E-state index is 12.7. The third-order valence-corrected chi connectivity index (χ3v) is 4.74. The van der Waals surface area contributed by atoms with E-state index >= 15 is 0 Å². The highest BCUT2D eigenvalue weighted by Gasteiger charge is 2.18. The lowest BCUT2D eigenvalue weighted by molar-refractivity contribution is 0.0724. The van der Waals surface area contributed by atoms with E-state index in [4.69, 9.17) is 0 Å². The van der Waals surface area contributed by atoms with Crippen LogP contribution >= 0.6 is 0 Å². The number of amides is 1. The van der Waals surface area contributed by atoms with E-state index in [9.17, 15) is 4.79 Å². The van der Waals surface area contributed by atoms with Crippen molar-refractivity contribution in [3.05, 3.63) is 65.9 Å². The number of piperidine rings is 1. The second kappa shape index (κ2) is 7.52. The van der Waals surface area contributed by atoms with Gasteiger partial charge in [-0.2, -0.15) is 0 Å². The van der Waals surface area contributed by atoms with Crippen molar-refractivity contribution in [3.8, 4) is 0 Å². The number of anilines is 1. The molecular weight excluding hydrogens is 324 g/mol. The standard InChI is InChI=1S/C21H22N4O/c26-21(25-11-4-1-5-12-25)17-8-6-7-16(13-17)14-23-20-15-22-18-9-2-3-10-19(18)24-20/h2-3,6-10,13,15H,1,4-5,11-12,14H2,(H,23,24). The first-order valence-corrected chi connectivity index (χ1v) is 9.13. The molecule has 3 aromatic rings. The van der Waals surface area contributed by atoms with Crippen LogP contribution in [0.3, 0.4) is 0 Å². The van der Waals surface area contributed by atoms with Crippen LogP contribution < -0.4 is 5.32 Å². The Labute approximate surface area is 153 Å². The molecule has 0 radical (unpaired) electrons. The minimum absolute atomic E-state index is 0.136. The summed E-state index contributed by atoms with van der Waals surface area (Å²) in [5.41, 5.74) is 3.57. The molecule has 1 amide bonds. The van der Waals surface area contributed by atoms with Crippen molar-refractivity contribution in [2.75, 3.05) is 18.4 Å². The zero-order valence-corrected chi connectivity index (χ0v) is 14.7. The predicted molar refractivity (Wildman–Crippen MR) is 103 cm³/mol. The summed E-state index contributed by atoms with van der Waals surface area (Å²) in [4.78, 5) is 23.6. The van der Waals surface area contributed by atoms with Gasteiger partial charge in [0.25, 0.3) is 5.91 Å². The Morgan fingerprint density at radius 2 is 1.81 bits per heavy atom. The lowest BCUT2D eigenvalue weighted by Crippen LogP contribution is -2.35. The number of hydrogen-bond donors (Lipinski definition) is 1. The summed E-state index contributed by atoms with van der Waals surface area (Å²) in [6.45, 7) is 2.34. The molecule has 1 fully saturated rings. The summed E-state index contributed by atoms with van der Waals surface area (Å²) in [6.07, 6.45) is 5.17. The number of rotatable bonds is 4. The van der Waals surface area contributed by atoms with E-state index in [2.05, 4.69) is 15.3 Å². The molecule has 5 heteroatoms. The predicted octanol–water partition coefficient (Wildman–Crippen LogP) is 3.87. The molecule has 1 N–H and O–H groups in total. The summed E-state index contributed by atoms with van der Waals surface area (Å²) < 4.78 is 0. The smallest absolute Gasteiger partial charge is 0.253 e. The van der Waals surface area contributed by atoms with E-state index < -0.39 is 0 Å². The molecule has 26 heavy (non-hydrogen) atoms. The highest BCUT2D eigenvalue weighted by Crippen LogP contribution is 2.16. The second-order valence-corrected chi connectivity index (χ2v) is 6.65. The van der Waals surface area contributed by atoms with Crippen LogP contribution in [-0.2, 0) is 6.54 Å². The van der Waals surface area contributed by atoms with E-state index in [1.165, 1.54) is 6.42 Å². The Balaban J connectivity index is 1.45. The van der Waals surface area contributed by atoms with Gasteiger partial charge in [-0.1, -0.05) is 24.3 Å². The fourth-order valence-corrected chi connectivity index (χ4v) is 3.33. The van der Waals surface area contributed by atoms with Crippen LogP contribution in [0.5, 0.6) is 0 Å². The largest absolute Gasteiger partial charge is 0.365 e. The van der Waals surface area contributed by atoms with Gasteiger partial charge in [0.1, 0.15) is 5.82 Å². The number of hydrogen-bond acceptors (Lipinski definition) is 4. The van der Waals surface area contributed by atoms with Crippen LogP contribution in [-0.4, -0.2) is 33.9 Å². The first-order valence-electron chi connectivity index (χ1n) is 9.13. The lowest BCUT2D eigenvalue weighted by Gasteiger charge is -2.26. The number of fused-ring (bicyclic) bond motifs is 1. The van der Waals surface area contributed by atoms with E-state index in [-0.39, 0.29) is 5.91 Å². The minimum Gasteiger partial charge on any atom is -0.365 e. The van der Waals surface area contributed by atoms with Crippen LogP contribution in [0.4, 0.5) is 5.82 Å². The number of nitrogens with one attached hydrogen (secondary N) is 1. The fraction of sp³-hybridized carbons (Fsp3) is 0.286. The van der Waals surface area contributed by atoms with Gasteiger partial charge in [-0.3, -0.25) is 9.78 Å². The van der Waals surface area contributed by atoms with Gasteiger partial charge in [0, 0.05) is 25.2 Å². The van der Waals surface area contributed by atoms with E-state index in [0.717, 1.165) is 53.9 Å². The van der Waals surface area contributed by atoms with Gasteiger partial charge in [0.2, 0.25) is 0 Å². The molecule has 4 rings (SSSR count). The first-order chi connectivity index (χ1) is 12.8. The summed E-state index contributed by atoms with van der Waals surface area (Å²) in [5, 5.41) is 3.30. The van der Waals surface area contributed by atoms with Gasteiger partial charge in [0.15, 0.2) is 0 Å². The third kappa shape index (κ3) is 3.67. The maximum atomic E-state index is 12.7. The Hall–Kier alpha value is -2.95. The number of carbonyl (C=O) groups excluding carboxylic acids is 1. The van der Waals surface area contributed by atoms with E-state index in [1.54, 1.807) is 6.20 Å². The Bertz CT molecular complexity index is 919. The molecule has 0 unspecified atom stereocenters. The van der Waals surface area contributed by atoms with Crippen molar-refractivity contribution in [1.29, 1.82) is 0 Å². The van der Waals surface area contributed by atoms with Gasteiger partial charge in [-0.15, -0.1) is 0 Å². The number of benzene rings is 2. The summed E-state index contributed by atoms with van der Waals surface area (Å²) in [5.74, 6) is 0.869. The van der Waals surface area contributed by atoms with Crippen LogP contribution in [0.25, 0.3) is 11.0 Å². The summed E-state index contributed by atoms with van der Waals surface area (Å²) in [6, 6.07) is 15.6. The molecule has 2 aromatic carbocycles. The van der Waals surface area contributed by atoms with Crippen molar-refractivity contribution in [1.82, 2.24) is 14.9 Å². The van der Waals surface area contributed by atoms with Crippen LogP contribution in [0.1, 0.15) is 35.2 Å². The highest BCUT2D eigenvalue weighted by molar-refractivity contribution is 5.94. The molecule has 0 bridgehead atoms. The van der Waals surface area contributed by atoms with E-state index in [1.807, 2.05) is 53.4 Å². The van der Waals surface area contributed by atoms with Gasteiger partial charge in [-0.25, -0.2) is 4.98 Å². The van der Waals surface area contributed by atoms with Crippen molar-refractivity contribution in [2.24, 2.45) is 0 Å². The lowest BCUT2D eigenvalue weighted by atomic mass is 10.1. The summed E-state index contributed by atoms with van der Waals surface area (Å²) >= 11 is 0. The second-order valence-electron chi connectivity index (χ2n) is 6.65. The third-order valence-electron chi connectivity index (χ3n) is 4.74. The molecule has 1 saturated heterocycles. The first kappa shape index (κ1) is 16.5. The van der Waals surface area contributed by atoms with Gasteiger partial charge in [-0.05, 0) is 49.1 Å². The number of carbonyl (C=O) groups is 1. The van der Waals surface area contributed by atoms with Gasteiger partial charge in [0.05, 0.1) is 17.2 Å². The van der Waals surface area contributed by atoms with Crippen LogP contribution in [0.2, 0.25) is 0 Å². The average Bonchev–Trinajstić information content (AvgIpc) is 2.72. The number of para-hydroxylation sites is 2. The monoisotopic (exact) mass is 346 g/mol. The Morgan fingerprint density at radius 3 is 2.65 bits per heavy atom. The number of likely N-dealkylation sites (tertiary alicyclic amines) is 1. The maximum Gasteiger partial charge on any atom is 0.253 e. The molecule has 1 aliphatic heterocycles. The van der Waals surface area contributed by atoms with Crippen LogP contribution in [0, 0.1) is 0 Å². The fourth-order valence-electron chi connectivity index (χ4n) is 3.33.